The van der Waals surface area contributed by atoms with Gasteiger partial charge < -0.3 is 10.6 Å². The molecule has 2 aromatic rings. The first-order chi connectivity index (χ1) is 12.0. The number of nitrogens with two attached hydrogens (primary N) is 1. The highest BCUT2D eigenvalue weighted by molar-refractivity contribution is 5.87. The lowest BCUT2D eigenvalue weighted by Gasteiger charge is -2.36. The van der Waals surface area contributed by atoms with E-state index in [-0.39, 0.29) is 11.8 Å². The SMILES string of the molecule is CC1CCN(C(=O)CCCc2ccc3ccccc3c2)C(C(N)=O)C1. The summed E-state index contributed by atoms with van der Waals surface area (Å²) in [6, 6.07) is 14.3. The number of carbonyl (C=O) groups is 2. The lowest BCUT2D eigenvalue weighted by atomic mass is 9.91. The molecule has 1 saturated heterocycles. The first-order valence-electron chi connectivity index (χ1n) is 9.11. The third-order valence-electron chi connectivity index (χ3n) is 5.18. The molecule has 1 aliphatic heterocycles. The molecule has 1 heterocycles. The van der Waals surface area contributed by atoms with Crippen LogP contribution in [0.5, 0.6) is 0 Å². The highest BCUT2D eigenvalue weighted by Gasteiger charge is 2.32. The first kappa shape index (κ1) is 17.5. The number of fused-ring (bicyclic) bond motifs is 1. The van der Waals surface area contributed by atoms with Crippen molar-refractivity contribution in [3.05, 3.63) is 48.0 Å². The number of benzene rings is 2. The van der Waals surface area contributed by atoms with Gasteiger partial charge in [0.15, 0.2) is 0 Å². The van der Waals surface area contributed by atoms with Crippen molar-refractivity contribution in [1.82, 2.24) is 4.90 Å². The fourth-order valence-electron chi connectivity index (χ4n) is 3.69. The summed E-state index contributed by atoms with van der Waals surface area (Å²) in [6.45, 7) is 2.75. The lowest BCUT2D eigenvalue weighted by Crippen LogP contribution is -2.52. The Morgan fingerprint density at radius 3 is 2.68 bits per heavy atom. The molecule has 4 heteroatoms. The molecule has 2 amide bonds. The summed E-state index contributed by atoms with van der Waals surface area (Å²) >= 11 is 0. The van der Waals surface area contributed by atoms with E-state index >= 15 is 0 Å². The van der Waals surface area contributed by atoms with Gasteiger partial charge >= 0.3 is 0 Å². The van der Waals surface area contributed by atoms with Crippen molar-refractivity contribution in [3.8, 4) is 0 Å². The quantitative estimate of drug-likeness (QED) is 0.909. The van der Waals surface area contributed by atoms with Crippen LogP contribution >= 0.6 is 0 Å². The zero-order chi connectivity index (χ0) is 17.8. The Kier molecular flexibility index (Phi) is 5.37. The minimum absolute atomic E-state index is 0.0523. The van der Waals surface area contributed by atoms with Crippen LogP contribution in [-0.2, 0) is 16.0 Å². The van der Waals surface area contributed by atoms with Gasteiger partial charge in [0.25, 0.3) is 0 Å². The number of hydrogen-bond donors (Lipinski definition) is 1. The zero-order valence-corrected chi connectivity index (χ0v) is 14.8. The van der Waals surface area contributed by atoms with Crippen LogP contribution in [0.3, 0.4) is 0 Å². The molecule has 0 aromatic heterocycles. The van der Waals surface area contributed by atoms with Gasteiger partial charge in [-0.15, -0.1) is 0 Å². The fourth-order valence-corrected chi connectivity index (χ4v) is 3.69. The number of amides is 2. The maximum atomic E-state index is 12.5. The van der Waals surface area contributed by atoms with Crippen LogP contribution in [0.4, 0.5) is 0 Å². The first-order valence-corrected chi connectivity index (χ1v) is 9.11. The number of primary amides is 1. The minimum atomic E-state index is -0.433. The van der Waals surface area contributed by atoms with Crippen molar-refractivity contribution in [3.63, 3.8) is 0 Å². The molecule has 0 radical (unpaired) electrons. The van der Waals surface area contributed by atoms with Crippen molar-refractivity contribution >= 4 is 22.6 Å². The standard InChI is InChI=1S/C21H26N2O2/c1-15-11-12-23(19(13-15)21(22)25)20(24)8-4-5-16-9-10-17-6-2-3-7-18(17)14-16/h2-3,6-7,9-10,14-15,19H,4-5,8,11-13H2,1H3,(H2,22,25). The number of carbonyl (C=O) groups excluding carboxylic acids is 2. The highest BCUT2D eigenvalue weighted by Crippen LogP contribution is 2.24. The molecular formula is C21H26N2O2. The van der Waals surface area contributed by atoms with Crippen LogP contribution < -0.4 is 5.73 Å². The normalized spacial score (nSPS) is 20.6. The lowest BCUT2D eigenvalue weighted by molar-refractivity contribution is -0.142. The predicted octanol–water partition coefficient (Wildman–Crippen LogP) is 3.27. The third-order valence-corrected chi connectivity index (χ3v) is 5.18. The molecule has 4 nitrogen and oxygen atoms in total. The number of hydrogen-bond acceptors (Lipinski definition) is 2. The Balaban J connectivity index is 1.57. The summed E-state index contributed by atoms with van der Waals surface area (Å²) in [4.78, 5) is 25.9. The molecule has 132 valence electrons. The van der Waals surface area contributed by atoms with E-state index < -0.39 is 6.04 Å². The summed E-state index contributed by atoms with van der Waals surface area (Å²) in [6.07, 6.45) is 3.74. The highest BCUT2D eigenvalue weighted by atomic mass is 16.2. The smallest absolute Gasteiger partial charge is 0.240 e. The second kappa shape index (κ2) is 7.68. The molecule has 0 saturated carbocycles. The van der Waals surface area contributed by atoms with Gasteiger partial charge in [-0.3, -0.25) is 9.59 Å². The summed E-state index contributed by atoms with van der Waals surface area (Å²) in [5.74, 6) is 0.116. The van der Waals surface area contributed by atoms with Crippen LogP contribution in [0.15, 0.2) is 42.5 Å². The van der Waals surface area contributed by atoms with Crippen molar-refractivity contribution < 1.29 is 9.59 Å². The van der Waals surface area contributed by atoms with Crippen LogP contribution in [0.2, 0.25) is 0 Å². The van der Waals surface area contributed by atoms with E-state index in [2.05, 4.69) is 37.3 Å². The Labute approximate surface area is 149 Å². The van der Waals surface area contributed by atoms with E-state index in [1.165, 1.54) is 16.3 Å². The summed E-state index contributed by atoms with van der Waals surface area (Å²) < 4.78 is 0. The van der Waals surface area contributed by atoms with Gasteiger partial charge in [0.2, 0.25) is 11.8 Å². The van der Waals surface area contributed by atoms with Crippen LogP contribution in [-0.4, -0.2) is 29.3 Å². The molecule has 2 aromatic carbocycles. The summed E-state index contributed by atoms with van der Waals surface area (Å²) in [7, 11) is 0. The van der Waals surface area contributed by atoms with Gasteiger partial charge in [-0.1, -0.05) is 49.4 Å². The minimum Gasteiger partial charge on any atom is -0.368 e. The number of nitrogens with zero attached hydrogens (tertiary/aromatic N) is 1. The molecule has 0 spiro atoms. The third kappa shape index (κ3) is 4.19. The number of likely N-dealkylation sites (tertiary alicyclic amines) is 1. The molecule has 3 rings (SSSR count). The molecule has 2 N–H and O–H groups in total. The van der Waals surface area contributed by atoms with Crippen LogP contribution in [0.1, 0.15) is 38.2 Å². The van der Waals surface area contributed by atoms with Crippen molar-refractivity contribution in [2.75, 3.05) is 6.54 Å². The van der Waals surface area contributed by atoms with Crippen molar-refractivity contribution in [1.29, 1.82) is 0 Å². The van der Waals surface area contributed by atoms with Crippen molar-refractivity contribution in [2.24, 2.45) is 11.7 Å². The van der Waals surface area contributed by atoms with Gasteiger partial charge in [-0.2, -0.15) is 0 Å². The second-order valence-electron chi connectivity index (χ2n) is 7.17. The zero-order valence-electron chi connectivity index (χ0n) is 14.8. The Morgan fingerprint density at radius 2 is 1.92 bits per heavy atom. The van der Waals surface area contributed by atoms with E-state index in [9.17, 15) is 9.59 Å². The number of aryl methyl sites for hydroxylation is 1. The number of piperidine rings is 1. The Morgan fingerprint density at radius 1 is 1.16 bits per heavy atom. The van der Waals surface area contributed by atoms with Gasteiger partial charge in [0.1, 0.15) is 6.04 Å². The maximum Gasteiger partial charge on any atom is 0.240 e. The van der Waals surface area contributed by atoms with Crippen molar-refractivity contribution in [2.45, 2.75) is 45.1 Å². The monoisotopic (exact) mass is 338 g/mol. The number of rotatable bonds is 5. The molecular weight excluding hydrogens is 312 g/mol. The average Bonchev–Trinajstić information content (AvgIpc) is 2.61. The molecule has 25 heavy (non-hydrogen) atoms. The van der Waals surface area contributed by atoms with Gasteiger partial charge in [0, 0.05) is 13.0 Å². The second-order valence-corrected chi connectivity index (χ2v) is 7.17. The van der Waals surface area contributed by atoms with Gasteiger partial charge in [0.05, 0.1) is 0 Å². The Bertz CT molecular complexity index is 771. The Hall–Kier alpha value is -2.36. The van der Waals surface area contributed by atoms with Crippen LogP contribution in [0, 0.1) is 5.92 Å². The topological polar surface area (TPSA) is 63.4 Å². The molecule has 2 atom stereocenters. The average molecular weight is 338 g/mol. The fraction of sp³-hybridized carbons (Fsp3) is 0.429. The van der Waals surface area contributed by atoms with E-state index in [4.69, 9.17) is 5.73 Å². The van der Waals surface area contributed by atoms with E-state index in [1.807, 2.05) is 12.1 Å². The van der Waals surface area contributed by atoms with Crippen LogP contribution in [0.25, 0.3) is 10.8 Å². The maximum absolute atomic E-state index is 12.5. The summed E-state index contributed by atoms with van der Waals surface area (Å²) in [5.41, 5.74) is 6.74. The largest absolute Gasteiger partial charge is 0.368 e. The van der Waals surface area contributed by atoms with E-state index in [1.54, 1.807) is 4.90 Å². The van der Waals surface area contributed by atoms with E-state index in [0.717, 1.165) is 19.3 Å². The molecule has 1 aliphatic rings. The molecule has 1 fully saturated rings. The van der Waals surface area contributed by atoms with E-state index in [0.29, 0.717) is 25.3 Å². The molecule has 0 aliphatic carbocycles. The predicted molar refractivity (Wildman–Crippen MR) is 100.0 cm³/mol. The van der Waals surface area contributed by atoms with Gasteiger partial charge in [-0.05, 0) is 47.9 Å². The van der Waals surface area contributed by atoms with Gasteiger partial charge in [-0.25, -0.2) is 0 Å². The molecule has 2 unspecified atom stereocenters. The molecule has 0 bridgehead atoms. The summed E-state index contributed by atoms with van der Waals surface area (Å²) in [5, 5.41) is 2.46.